The van der Waals surface area contributed by atoms with Gasteiger partial charge in [0.15, 0.2) is 11.4 Å². The van der Waals surface area contributed by atoms with Gasteiger partial charge in [-0.15, -0.1) is 0 Å². The number of halogens is 2. The number of aliphatic hydroxyl groups excluding tert-OH is 1. The molecule has 1 aliphatic rings. The number of carbonyl (C=O) groups excluding carboxylic acids is 1. The quantitative estimate of drug-likeness (QED) is 0.452. The average Bonchev–Trinajstić information content (AvgIpc) is 3.55. The number of rotatable bonds is 8. The standard InChI is InChI=1S/C22H18ClFN2O5.Na/c23-15-6-5-13(11-16(15)24)20-25-17(14-3-1-2-4-18(14)30-10-9-27)12-19(26-20)31-22(7-8-22)21(28)29;/h1-6,11-12,27H,7-10H2,(H,28,29);/q;+1/p-1. The van der Waals surface area contributed by atoms with E-state index in [1.165, 1.54) is 18.2 Å². The van der Waals surface area contributed by atoms with Crippen LogP contribution >= 0.6 is 11.6 Å². The molecule has 4 rings (SSSR count). The zero-order chi connectivity index (χ0) is 22.0. The van der Waals surface area contributed by atoms with E-state index in [4.69, 9.17) is 26.2 Å². The van der Waals surface area contributed by atoms with Crippen LogP contribution in [0.1, 0.15) is 12.8 Å². The third-order valence-corrected chi connectivity index (χ3v) is 5.07. The topological polar surface area (TPSA) is 105 Å². The first-order valence-corrected chi connectivity index (χ1v) is 9.88. The summed E-state index contributed by atoms with van der Waals surface area (Å²) < 4.78 is 25.3. The Morgan fingerprint density at radius 1 is 1.19 bits per heavy atom. The minimum absolute atomic E-state index is 0. The van der Waals surface area contributed by atoms with Crippen molar-refractivity contribution in [2.75, 3.05) is 13.2 Å². The fourth-order valence-electron chi connectivity index (χ4n) is 3.00. The van der Waals surface area contributed by atoms with Crippen molar-refractivity contribution in [1.82, 2.24) is 9.97 Å². The summed E-state index contributed by atoms with van der Waals surface area (Å²) in [5.74, 6) is -1.38. The van der Waals surface area contributed by atoms with Crippen molar-refractivity contribution in [3.63, 3.8) is 0 Å². The van der Waals surface area contributed by atoms with Gasteiger partial charge in [-0.1, -0.05) is 23.7 Å². The molecule has 2 aromatic carbocycles. The zero-order valence-corrected chi connectivity index (χ0v) is 19.9. The van der Waals surface area contributed by atoms with Crippen LogP contribution in [0.25, 0.3) is 22.6 Å². The van der Waals surface area contributed by atoms with Crippen LogP contribution in [-0.2, 0) is 4.79 Å². The fourth-order valence-corrected chi connectivity index (χ4v) is 3.12. The number of carboxylic acids is 1. The fraction of sp³-hybridized carbons (Fsp3) is 0.227. The van der Waals surface area contributed by atoms with Crippen molar-refractivity contribution in [3.05, 3.63) is 59.4 Å². The Morgan fingerprint density at radius 3 is 2.59 bits per heavy atom. The second-order valence-electron chi connectivity index (χ2n) is 7.00. The Balaban J connectivity index is 0.00000289. The molecule has 32 heavy (non-hydrogen) atoms. The van der Waals surface area contributed by atoms with E-state index in [-0.39, 0.29) is 59.5 Å². The van der Waals surface area contributed by atoms with Crippen LogP contribution < -0.4 is 44.1 Å². The molecule has 10 heteroatoms. The predicted molar refractivity (Wildman–Crippen MR) is 108 cm³/mol. The van der Waals surface area contributed by atoms with E-state index in [0.29, 0.717) is 35.4 Å². The number of aliphatic carboxylic acids is 1. The van der Waals surface area contributed by atoms with Gasteiger partial charge in [0.1, 0.15) is 18.2 Å². The van der Waals surface area contributed by atoms with Gasteiger partial charge in [0, 0.05) is 17.2 Å². The first-order valence-electron chi connectivity index (χ1n) is 9.50. The molecule has 160 valence electrons. The van der Waals surface area contributed by atoms with Gasteiger partial charge in [-0.2, -0.15) is 4.98 Å². The number of hydrogen-bond acceptors (Lipinski definition) is 7. The van der Waals surface area contributed by atoms with Crippen LogP contribution in [0.5, 0.6) is 11.6 Å². The number of benzene rings is 2. The number of aliphatic hydroxyl groups is 1. The normalized spacial score (nSPS) is 13.7. The molecule has 7 nitrogen and oxygen atoms in total. The molecule has 3 aromatic rings. The Bertz CT molecular complexity index is 1140. The summed E-state index contributed by atoms with van der Waals surface area (Å²) in [5.41, 5.74) is -0.156. The average molecular weight is 467 g/mol. The third kappa shape index (κ3) is 5.22. The van der Waals surface area contributed by atoms with Gasteiger partial charge in [-0.3, -0.25) is 0 Å². The van der Waals surface area contributed by atoms with Crippen molar-refractivity contribution >= 4 is 17.6 Å². The number of para-hydroxylation sites is 1. The minimum Gasteiger partial charge on any atom is -0.546 e. The Labute approximate surface area is 210 Å². The third-order valence-electron chi connectivity index (χ3n) is 4.77. The Kier molecular flexibility index (Phi) is 7.74. The van der Waals surface area contributed by atoms with Gasteiger partial charge in [-0.25, -0.2) is 9.37 Å². The molecule has 0 bridgehead atoms. The maximum atomic E-state index is 14.0. The molecule has 1 N–H and O–H groups in total. The van der Waals surface area contributed by atoms with Crippen molar-refractivity contribution in [2.45, 2.75) is 18.4 Å². The summed E-state index contributed by atoms with van der Waals surface area (Å²) in [7, 11) is 0. The summed E-state index contributed by atoms with van der Waals surface area (Å²) in [6, 6.07) is 12.6. The van der Waals surface area contributed by atoms with E-state index in [0.717, 1.165) is 0 Å². The van der Waals surface area contributed by atoms with E-state index in [9.17, 15) is 14.3 Å². The van der Waals surface area contributed by atoms with Gasteiger partial charge in [-0.05, 0) is 43.2 Å². The molecule has 0 saturated heterocycles. The summed E-state index contributed by atoms with van der Waals surface area (Å²) in [5, 5.41) is 20.5. The van der Waals surface area contributed by atoms with Gasteiger partial charge in [0.25, 0.3) is 0 Å². The van der Waals surface area contributed by atoms with Gasteiger partial charge < -0.3 is 24.5 Å². The zero-order valence-electron chi connectivity index (χ0n) is 17.2. The number of hydrogen-bond donors (Lipinski definition) is 1. The first-order chi connectivity index (χ1) is 14.9. The van der Waals surface area contributed by atoms with Crippen LogP contribution in [0.2, 0.25) is 5.02 Å². The molecular weight excluding hydrogens is 450 g/mol. The SMILES string of the molecule is O=C([O-])C1(Oc2cc(-c3ccccc3OCCO)nc(-c3ccc(Cl)c(F)c3)n2)CC1.[Na+]. The Morgan fingerprint density at radius 2 is 1.94 bits per heavy atom. The number of aromatic nitrogens is 2. The van der Waals surface area contributed by atoms with E-state index >= 15 is 0 Å². The number of carbonyl (C=O) groups is 1. The van der Waals surface area contributed by atoms with Gasteiger partial charge in [0.05, 0.1) is 23.3 Å². The van der Waals surface area contributed by atoms with Crippen molar-refractivity contribution in [2.24, 2.45) is 0 Å². The van der Waals surface area contributed by atoms with Crippen LogP contribution in [0.3, 0.4) is 0 Å². The predicted octanol–water partition coefficient (Wildman–Crippen LogP) is -0.361. The first kappa shape index (κ1) is 24.4. The monoisotopic (exact) mass is 466 g/mol. The summed E-state index contributed by atoms with van der Waals surface area (Å²) in [6.45, 7) is -0.0929. The maximum Gasteiger partial charge on any atom is 1.00 e. The minimum atomic E-state index is -1.43. The summed E-state index contributed by atoms with van der Waals surface area (Å²) >= 11 is 5.78. The molecule has 0 spiro atoms. The number of nitrogens with zero attached hydrogens (tertiary/aromatic N) is 2. The Hall–Kier alpha value is -2.23. The van der Waals surface area contributed by atoms with Gasteiger partial charge >= 0.3 is 29.6 Å². The van der Waals surface area contributed by atoms with Crippen LogP contribution in [0, 0.1) is 5.82 Å². The molecule has 1 aromatic heterocycles. The van der Waals surface area contributed by atoms with Crippen LogP contribution in [-0.4, -0.2) is 39.9 Å². The molecule has 1 heterocycles. The van der Waals surface area contributed by atoms with Crippen molar-refractivity contribution in [1.29, 1.82) is 0 Å². The molecule has 0 radical (unpaired) electrons. The largest absolute Gasteiger partial charge is 1.00 e. The molecule has 0 unspecified atom stereocenters. The maximum absolute atomic E-state index is 14.0. The molecule has 0 atom stereocenters. The van der Waals surface area contributed by atoms with E-state index in [1.54, 1.807) is 30.3 Å². The van der Waals surface area contributed by atoms with E-state index < -0.39 is 17.4 Å². The van der Waals surface area contributed by atoms with E-state index in [2.05, 4.69) is 9.97 Å². The number of carboxylic acid groups (broad SMARTS) is 1. The second kappa shape index (κ2) is 10.1. The second-order valence-corrected chi connectivity index (χ2v) is 7.40. The summed E-state index contributed by atoms with van der Waals surface area (Å²) in [4.78, 5) is 20.3. The molecule has 0 amide bonds. The molecule has 1 aliphatic carbocycles. The molecule has 1 saturated carbocycles. The van der Waals surface area contributed by atoms with Gasteiger partial charge in [0.2, 0.25) is 5.88 Å². The van der Waals surface area contributed by atoms with E-state index in [1.807, 2.05) is 0 Å². The van der Waals surface area contributed by atoms with Crippen LogP contribution in [0.4, 0.5) is 4.39 Å². The molecule has 1 fully saturated rings. The van der Waals surface area contributed by atoms with Crippen molar-refractivity contribution < 1.29 is 58.4 Å². The molecule has 0 aliphatic heterocycles. The molecular formula is C22H17ClFN2NaO5. The van der Waals surface area contributed by atoms with Crippen molar-refractivity contribution in [3.8, 4) is 34.3 Å². The number of ether oxygens (including phenoxy) is 2. The van der Waals surface area contributed by atoms with Crippen LogP contribution in [0.15, 0.2) is 48.5 Å². The summed E-state index contributed by atoms with van der Waals surface area (Å²) in [6.07, 6.45) is 0.603. The smallest absolute Gasteiger partial charge is 0.546 e.